The second-order valence-electron chi connectivity index (χ2n) is 5.12. The van der Waals surface area contributed by atoms with E-state index in [0.29, 0.717) is 18.3 Å². The molecular formula is C16H24O5S. The van der Waals surface area contributed by atoms with Gasteiger partial charge in [0, 0.05) is 6.92 Å². The first-order valence-electron chi connectivity index (χ1n) is 7.48. The summed E-state index contributed by atoms with van der Waals surface area (Å²) < 4.78 is 34.4. The molecule has 0 unspecified atom stereocenters. The van der Waals surface area contributed by atoms with Crippen molar-refractivity contribution in [2.75, 3.05) is 19.0 Å². The molecule has 5 nitrogen and oxygen atoms in total. The van der Waals surface area contributed by atoms with Crippen molar-refractivity contribution in [1.29, 1.82) is 0 Å². The normalized spacial score (nSPS) is 11.5. The van der Waals surface area contributed by atoms with Crippen LogP contribution in [0.1, 0.15) is 33.6 Å². The molecule has 0 fully saturated rings. The van der Waals surface area contributed by atoms with E-state index in [1.807, 2.05) is 0 Å². The average molecular weight is 328 g/mol. The standard InChI is InChI=1S/C16H24O5S/c1-4-14(5-2)12-21-15-6-8-16(9-7-15)22(18,19)11-10-20-13(3)17/h6-9,14H,4-5,10-12H2,1-3H3. The summed E-state index contributed by atoms with van der Waals surface area (Å²) in [5.74, 6) is 0.457. The van der Waals surface area contributed by atoms with E-state index in [-0.39, 0.29) is 17.3 Å². The van der Waals surface area contributed by atoms with Crippen molar-refractivity contribution >= 4 is 15.8 Å². The first-order chi connectivity index (χ1) is 10.4. The molecular weight excluding hydrogens is 304 g/mol. The van der Waals surface area contributed by atoms with Crippen molar-refractivity contribution in [2.45, 2.75) is 38.5 Å². The van der Waals surface area contributed by atoms with Gasteiger partial charge in [-0.2, -0.15) is 0 Å². The van der Waals surface area contributed by atoms with Crippen LogP contribution in [-0.4, -0.2) is 33.4 Å². The van der Waals surface area contributed by atoms with Crippen LogP contribution in [0.4, 0.5) is 0 Å². The van der Waals surface area contributed by atoms with Gasteiger partial charge in [-0.1, -0.05) is 26.7 Å². The number of rotatable bonds is 9. The second kappa shape index (κ2) is 8.78. The van der Waals surface area contributed by atoms with Gasteiger partial charge in [0.15, 0.2) is 9.84 Å². The largest absolute Gasteiger partial charge is 0.493 e. The van der Waals surface area contributed by atoms with Gasteiger partial charge in [0.05, 0.1) is 17.3 Å². The van der Waals surface area contributed by atoms with Crippen LogP contribution < -0.4 is 4.74 Å². The minimum atomic E-state index is -3.45. The number of hydrogen-bond donors (Lipinski definition) is 0. The molecule has 124 valence electrons. The van der Waals surface area contributed by atoms with E-state index in [1.165, 1.54) is 19.1 Å². The third kappa shape index (κ3) is 6.05. The van der Waals surface area contributed by atoms with Gasteiger partial charge in [0.2, 0.25) is 0 Å². The molecule has 0 saturated carbocycles. The molecule has 0 aliphatic rings. The highest BCUT2D eigenvalue weighted by atomic mass is 32.2. The van der Waals surface area contributed by atoms with E-state index in [4.69, 9.17) is 4.74 Å². The molecule has 0 aromatic heterocycles. The zero-order valence-electron chi connectivity index (χ0n) is 13.4. The lowest BCUT2D eigenvalue weighted by Crippen LogP contribution is -2.14. The number of ether oxygens (including phenoxy) is 2. The van der Waals surface area contributed by atoms with Crippen molar-refractivity contribution in [1.82, 2.24) is 0 Å². The molecule has 0 bridgehead atoms. The Morgan fingerprint density at radius 1 is 1.14 bits per heavy atom. The molecule has 22 heavy (non-hydrogen) atoms. The van der Waals surface area contributed by atoms with Crippen molar-refractivity contribution in [2.24, 2.45) is 5.92 Å². The lowest BCUT2D eigenvalue weighted by molar-refractivity contribution is -0.140. The zero-order chi connectivity index (χ0) is 16.6. The summed E-state index contributed by atoms with van der Waals surface area (Å²) in [5.41, 5.74) is 0. The van der Waals surface area contributed by atoms with Crippen molar-refractivity contribution in [3.8, 4) is 5.75 Å². The fraction of sp³-hybridized carbons (Fsp3) is 0.562. The average Bonchev–Trinajstić information content (AvgIpc) is 2.48. The Hall–Kier alpha value is -1.56. The highest BCUT2D eigenvalue weighted by molar-refractivity contribution is 7.91. The summed E-state index contributed by atoms with van der Waals surface area (Å²) in [4.78, 5) is 10.9. The SMILES string of the molecule is CCC(CC)COc1ccc(S(=O)(=O)CCOC(C)=O)cc1. The van der Waals surface area contributed by atoms with Gasteiger partial charge in [-0.15, -0.1) is 0 Å². The number of esters is 1. The number of hydrogen-bond acceptors (Lipinski definition) is 5. The molecule has 0 atom stereocenters. The Labute approximate surface area is 132 Å². The lowest BCUT2D eigenvalue weighted by atomic mass is 10.1. The second-order valence-corrected chi connectivity index (χ2v) is 7.23. The van der Waals surface area contributed by atoms with Crippen LogP contribution >= 0.6 is 0 Å². The van der Waals surface area contributed by atoms with E-state index in [0.717, 1.165) is 12.8 Å². The van der Waals surface area contributed by atoms with E-state index in [9.17, 15) is 13.2 Å². The molecule has 1 aromatic carbocycles. The van der Waals surface area contributed by atoms with E-state index in [1.54, 1.807) is 12.1 Å². The van der Waals surface area contributed by atoms with Gasteiger partial charge in [0.1, 0.15) is 12.4 Å². The maximum atomic E-state index is 12.1. The van der Waals surface area contributed by atoms with E-state index < -0.39 is 15.8 Å². The summed E-state index contributed by atoms with van der Waals surface area (Å²) in [6.07, 6.45) is 2.11. The molecule has 0 heterocycles. The van der Waals surface area contributed by atoms with Crippen LogP contribution in [0.25, 0.3) is 0 Å². The molecule has 0 spiro atoms. The van der Waals surface area contributed by atoms with Crippen molar-refractivity contribution in [3.05, 3.63) is 24.3 Å². The molecule has 6 heteroatoms. The van der Waals surface area contributed by atoms with Gasteiger partial charge < -0.3 is 9.47 Å². The van der Waals surface area contributed by atoms with Gasteiger partial charge >= 0.3 is 5.97 Å². The van der Waals surface area contributed by atoms with Gasteiger partial charge in [0.25, 0.3) is 0 Å². The monoisotopic (exact) mass is 328 g/mol. The van der Waals surface area contributed by atoms with E-state index >= 15 is 0 Å². The Balaban J connectivity index is 2.61. The Morgan fingerprint density at radius 3 is 2.23 bits per heavy atom. The topological polar surface area (TPSA) is 69.7 Å². The molecule has 0 aliphatic carbocycles. The molecule has 0 N–H and O–H groups in total. The number of carbonyl (C=O) groups is 1. The Morgan fingerprint density at radius 2 is 1.73 bits per heavy atom. The summed E-state index contributed by atoms with van der Waals surface area (Å²) in [7, 11) is -3.45. The first-order valence-corrected chi connectivity index (χ1v) is 9.13. The third-order valence-electron chi connectivity index (χ3n) is 3.48. The van der Waals surface area contributed by atoms with Crippen LogP contribution in [0.15, 0.2) is 29.2 Å². The maximum Gasteiger partial charge on any atom is 0.302 e. The summed E-state index contributed by atoms with van der Waals surface area (Å²) >= 11 is 0. The maximum absolute atomic E-state index is 12.1. The van der Waals surface area contributed by atoms with Crippen molar-refractivity contribution < 1.29 is 22.7 Å². The fourth-order valence-electron chi connectivity index (χ4n) is 1.89. The number of carbonyl (C=O) groups excluding carboxylic acids is 1. The van der Waals surface area contributed by atoms with Crippen LogP contribution in [0, 0.1) is 5.92 Å². The molecule has 1 rings (SSSR count). The van der Waals surface area contributed by atoms with Gasteiger partial charge in [-0.25, -0.2) is 8.42 Å². The minimum Gasteiger partial charge on any atom is -0.493 e. The zero-order valence-corrected chi connectivity index (χ0v) is 14.2. The molecule has 0 amide bonds. The highest BCUT2D eigenvalue weighted by Crippen LogP contribution is 2.18. The smallest absolute Gasteiger partial charge is 0.302 e. The van der Waals surface area contributed by atoms with Gasteiger partial charge in [-0.3, -0.25) is 4.79 Å². The van der Waals surface area contributed by atoms with E-state index in [2.05, 4.69) is 18.6 Å². The molecule has 0 aliphatic heterocycles. The fourth-order valence-corrected chi connectivity index (χ4v) is 2.98. The summed E-state index contributed by atoms with van der Waals surface area (Å²) in [6, 6.07) is 6.35. The molecule has 0 radical (unpaired) electrons. The minimum absolute atomic E-state index is 0.134. The van der Waals surface area contributed by atoms with Crippen LogP contribution in [-0.2, 0) is 19.4 Å². The van der Waals surface area contributed by atoms with Crippen LogP contribution in [0.5, 0.6) is 5.75 Å². The number of benzene rings is 1. The van der Waals surface area contributed by atoms with Crippen molar-refractivity contribution in [3.63, 3.8) is 0 Å². The lowest BCUT2D eigenvalue weighted by Gasteiger charge is -2.14. The third-order valence-corrected chi connectivity index (χ3v) is 5.18. The summed E-state index contributed by atoms with van der Waals surface area (Å²) in [5, 5.41) is 0. The first kappa shape index (κ1) is 18.5. The Bertz CT molecular complexity index is 559. The van der Waals surface area contributed by atoms with Crippen LogP contribution in [0.3, 0.4) is 0 Å². The Kier molecular flexibility index (Phi) is 7.38. The molecule has 0 saturated heterocycles. The quantitative estimate of drug-likeness (QED) is 0.652. The number of sulfone groups is 1. The predicted octanol–water partition coefficient (Wildman–Crippen LogP) is 2.84. The highest BCUT2D eigenvalue weighted by Gasteiger charge is 2.15. The molecule has 1 aromatic rings. The van der Waals surface area contributed by atoms with Crippen LogP contribution in [0.2, 0.25) is 0 Å². The summed E-state index contributed by atoms with van der Waals surface area (Å²) in [6.45, 7) is 5.99. The van der Waals surface area contributed by atoms with Gasteiger partial charge in [-0.05, 0) is 30.2 Å². The predicted molar refractivity (Wildman–Crippen MR) is 84.7 cm³/mol.